The summed E-state index contributed by atoms with van der Waals surface area (Å²) in [6, 6.07) is 3.71. The lowest BCUT2D eigenvalue weighted by molar-refractivity contribution is -0.121. The van der Waals surface area contributed by atoms with Gasteiger partial charge in [0.25, 0.3) is 0 Å². The van der Waals surface area contributed by atoms with E-state index in [1.807, 2.05) is 26.0 Å². The van der Waals surface area contributed by atoms with Crippen molar-refractivity contribution in [2.24, 2.45) is 0 Å². The van der Waals surface area contributed by atoms with E-state index in [9.17, 15) is 4.79 Å². The molecule has 0 aliphatic heterocycles. The van der Waals surface area contributed by atoms with Crippen LogP contribution in [-0.4, -0.2) is 27.1 Å². The Kier molecular flexibility index (Phi) is 6.20. The predicted octanol–water partition coefficient (Wildman–Crippen LogP) is 3.16. The van der Waals surface area contributed by atoms with Gasteiger partial charge in [-0.25, -0.2) is 4.98 Å². The zero-order chi connectivity index (χ0) is 18.4. The maximum Gasteiger partial charge on any atom is 0.227 e. The maximum absolute atomic E-state index is 12.0. The van der Waals surface area contributed by atoms with Gasteiger partial charge in [-0.3, -0.25) is 4.79 Å². The van der Waals surface area contributed by atoms with E-state index < -0.39 is 0 Å². The molecule has 2 aromatic heterocycles. The van der Waals surface area contributed by atoms with Gasteiger partial charge in [0.2, 0.25) is 17.7 Å². The molecule has 1 fully saturated rings. The second-order valence-corrected chi connectivity index (χ2v) is 6.98. The lowest BCUT2D eigenvalue weighted by Crippen LogP contribution is -2.23. The van der Waals surface area contributed by atoms with Crippen molar-refractivity contribution in [3.05, 3.63) is 35.6 Å². The third-order valence-corrected chi connectivity index (χ3v) is 4.41. The normalized spacial score (nSPS) is 14.7. The molecular formula is C19H26N4O3. The summed E-state index contributed by atoms with van der Waals surface area (Å²) in [6.07, 6.45) is 7.32. The highest BCUT2D eigenvalue weighted by molar-refractivity contribution is 5.75. The van der Waals surface area contributed by atoms with Gasteiger partial charge in [-0.15, -0.1) is 0 Å². The quantitative estimate of drug-likeness (QED) is 0.779. The lowest BCUT2D eigenvalue weighted by atomic mass is 10.1. The van der Waals surface area contributed by atoms with Crippen LogP contribution in [0.25, 0.3) is 0 Å². The van der Waals surface area contributed by atoms with Gasteiger partial charge in [0.05, 0.1) is 6.10 Å². The first kappa shape index (κ1) is 18.4. The smallest absolute Gasteiger partial charge is 0.227 e. The number of ether oxygens (including phenoxy) is 1. The monoisotopic (exact) mass is 358 g/mol. The number of nitrogens with one attached hydrogen (secondary N) is 1. The fourth-order valence-electron chi connectivity index (χ4n) is 3.06. The van der Waals surface area contributed by atoms with Crippen LogP contribution in [0.1, 0.15) is 69.1 Å². The number of carbonyl (C=O) groups is 1. The molecule has 1 saturated carbocycles. The third-order valence-electron chi connectivity index (χ3n) is 4.41. The van der Waals surface area contributed by atoms with Crippen LogP contribution in [0.15, 0.2) is 22.9 Å². The van der Waals surface area contributed by atoms with Crippen LogP contribution >= 0.6 is 0 Å². The van der Waals surface area contributed by atoms with Crippen molar-refractivity contribution in [2.75, 3.05) is 0 Å². The van der Waals surface area contributed by atoms with Gasteiger partial charge in [0.1, 0.15) is 0 Å². The molecule has 3 rings (SSSR count). The Hall–Kier alpha value is -2.44. The summed E-state index contributed by atoms with van der Waals surface area (Å²) >= 11 is 0. The number of nitrogens with zero attached hydrogens (tertiary/aromatic N) is 3. The van der Waals surface area contributed by atoms with Gasteiger partial charge >= 0.3 is 0 Å². The van der Waals surface area contributed by atoms with E-state index in [2.05, 4.69) is 20.4 Å². The Morgan fingerprint density at radius 3 is 2.85 bits per heavy atom. The van der Waals surface area contributed by atoms with Gasteiger partial charge in [-0.05, 0) is 32.3 Å². The molecule has 7 heteroatoms. The summed E-state index contributed by atoms with van der Waals surface area (Å²) in [7, 11) is 0. The first-order chi connectivity index (χ1) is 12.6. The summed E-state index contributed by atoms with van der Waals surface area (Å²) < 4.78 is 10.8. The largest absolute Gasteiger partial charge is 0.475 e. The lowest BCUT2D eigenvalue weighted by Gasteiger charge is -2.09. The average molecular weight is 358 g/mol. The highest BCUT2D eigenvalue weighted by Crippen LogP contribution is 2.32. The molecule has 0 spiro atoms. The molecule has 2 heterocycles. The Balaban J connectivity index is 1.40. The molecule has 140 valence electrons. The SMILES string of the molecule is CC(C)Oc1ccc(CNC(=O)CCc2nc(C3CCCC3)no2)cn1. The molecule has 0 unspecified atom stereocenters. The van der Waals surface area contributed by atoms with E-state index >= 15 is 0 Å². The number of amides is 1. The van der Waals surface area contributed by atoms with Crippen molar-refractivity contribution >= 4 is 5.91 Å². The standard InChI is InChI=1S/C19H26N4O3/c1-13(2)25-17-9-7-14(12-21-17)11-20-16(24)8-10-18-22-19(23-26-18)15-5-3-4-6-15/h7,9,12-13,15H,3-6,8,10-11H2,1-2H3,(H,20,24). The second kappa shape index (κ2) is 8.78. The van der Waals surface area contributed by atoms with Crippen molar-refractivity contribution in [1.29, 1.82) is 0 Å². The van der Waals surface area contributed by atoms with E-state index in [1.165, 1.54) is 12.8 Å². The van der Waals surface area contributed by atoms with E-state index in [0.29, 0.717) is 37.1 Å². The Morgan fingerprint density at radius 2 is 2.15 bits per heavy atom. The summed E-state index contributed by atoms with van der Waals surface area (Å²) in [4.78, 5) is 20.7. The average Bonchev–Trinajstić information content (AvgIpc) is 3.30. The Bertz CT molecular complexity index is 706. The minimum atomic E-state index is -0.0480. The van der Waals surface area contributed by atoms with Crippen LogP contribution in [-0.2, 0) is 17.8 Å². The van der Waals surface area contributed by atoms with Gasteiger partial charge in [-0.2, -0.15) is 4.98 Å². The summed E-state index contributed by atoms with van der Waals surface area (Å²) in [5.41, 5.74) is 0.927. The van der Waals surface area contributed by atoms with Gasteiger partial charge in [0, 0.05) is 37.6 Å². The zero-order valence-electron chi connectivity index (χ0n) is 15.4. The van der Waals surface area contributed by atoms with Crippen LogP contribution in [0.4, 0.5) is 0 Å². The molecule has 1 aliphatic carbocycles. The van der Waals surface area contributed by atoms with Crippen molar-refractivity contribution < 1.29 is 14.1 Å². The fraction of sp³-hybridized carbons (Fsp3) is 0.579. The highest BCUT2D eigenvalue weighted by atomic mass is 16.5. The van der Waals surface area contributed by atoms with E-state index in [1.54, 1.807) is 6.20 Å². The number of carbonyl (C=O) groups excluding carboxylic acids is 1. The van der Waals surface area contributed by atoms with E-state index in [-0.39, 0.29) is 12.0 Å². The first-order valence-electron chi connectivity index (χ1n) is 9.31. The molecule has 7 nitrogen and oxygen atoms in total. The van der Waals surface area contributed by atoms with Crippen LogP contribution < -0.4 is 10.1 Å². The zero-order valence-corrected chi connectivity index (χ0v) is 15.4. The molecule has 0 aromatic carbocycles. The van der Waals surface area contributed by atoms with Crippen molar-refractivity contribution in [3.63, 3.8) is 0 Å². The number of aromatic nitrogens is 3. The minimum absolute atomic E-state index is 0.0480. The second-order valence-electron chi connectivity index (χ2n) is 6.98. The Labute approximate surface area is 153 Å². The number of rotatable bonds is 8. The third kappa shape index (κ3) is 5.28. The number of pyridine rings is 1. The molecule has 0 saturated heterocycles. The van der Waals surface area contributed by atoms with Gasteiger partial charge in [-0.1, -0.05) is 24.1 Å². The molecule has 2 aromatic rings. The minimum Gasteiger partial charge on any atom is -0.475 e. The highest BCUT2D eigenvalue weighted by Gasteiger charge is 2.22. The first-order valence-corrected chi connectivity index (χ1v) is 9.31. The Morgan fingerprint density at radius 1 is 1.35 bits per heavy atom. The van der Waals surface area contributed by atoms with Crippen LogP contribution in [0.3, 0.4) is 0 Å². The summed E-state index contributed by atoms with van der Waals surface area (Å²) in [5, 5.41) is 6.94. The summed E-state index contributed by atoms with van der Waals surface area (Å²) in [5.74, 6) is 2.31. The number of hydrogen-bond acceptors (Lipinski definition) is 6. The molecule has 1 amide bonds. The van der Waals surface area contributed by atoms with Crippen molar-refractivity contribution in [2.45, 2.75) is 70.9 Å². The summed E-state index contributed by atoms with van der Waals surface area (Å²) in [6.45, 7) is 4.34. The van der Waals surface area contributed by atoms with E-state index in [0.717, 1.165) is 24.2 Å². The van der Waals surface area contributed by atoms with Crippen molar-refractivity contribution in [1.82, 2.24) is 20.4 Å². The topological polar surface area (TPSA) is 90.1 Å². The number of aryl methyl sites for hydroxylation is 1. The van der Waals surface area contributed by atoms with Gasteiger partial charge < -0.3 is 14.6 Å². The van der Waals surface area contributed by atoms with Crippen LogP contribution in [0, 0.1) is 0 Å². The van der Waals surface area contributed by atoms with Crippen LogP contribution in [0.5, 0.6) is 5.88 Å². The predicted molar refractivity (Wildman–Crippen MR) is 95.7 cm³/mol. The molecule has 26 heavy (non-hydrogen) atoms. The molecule has 0 bridgehead atoms. The van der Waals surface area contributed by atoms with Crippen LogP contribution in [0.2, 0.25) is 0 Å². The molecule has 0 radical (unpaired) electrons. The van der Waals surface area contributed by atoms with Gasteiger partial charge in [0.15, 0.2) is 5.82 Å². The van der Waals surface area contributed by atoms with E-state index in [4.69, 9.17) is 9.26 Å². The van der Waals surface area contributed by atoms with Crippen molar-refractivity contribution in [3.8, 4) is 5.88 Å². The molecule has 1 aliphatic rings. The molecule has 1 N–H and O–H groups in total. The molecule has 0 atom stereocenters. The molecular weight excluding hydrogens is 332 g/mol. The fourth-order valence-corrected chi connectivity index (χ4v) is 3.06. The maximum atomic E-state index is 12.0. The number of hydrogen-bond donors (Lipinski definition) is 1.